The first-order valence-corrected chi connectivity index (χ1v) is 31.4. The molecule has 0 aromatic heterocycles. The third-order valence-corrected chi connectivity index (χ3v) is 14.5. The monoisotopic (exact) mass is 971 g/mol. The largest absolute Gasteiger partial charge is 0.462 e. The summed E-state index contributed by atoms with van der Waals surface area (Å²) >= 11 is 0. The minimum atomic E-state index is -0.773. The molecule has 0 saturated heterocycles. The van der Waals surface area contributed by atoms with Crippen molar-refractivity contribution in [3.8, 4) is 0 Å². The van der Waals surface area contributed by atoms with Crippen LogP contribution in [0.4, 0.5) is 0 Å². The molecule has 408 valence electrons. The van der Waals surface area contributed by atoms with Gasteiger partial charge in [-0.3, -0.25) is 9.59 Å². The fourth-order valence-electron chi connectivity index (χ4n) is 9.77. The van der Waals surface area contributed by atoms with E-state index in [0.717, 1.165) is 44.9 Å². The summed E-state index contributed by atoms with van der Waals surface area (Å²) in [5, 5.41) is 9.64. The standard InChI is InChI=1S/C64H122O5/c1-3-5-7-9-11-13-15-17-19-21-22-23-24-25-26-27-28-29-30-31-32-33-34-35-36-37-38-39-40-41-43-44-46-48-50-52-54-56-58-63(66)68-61-62(60-65)69-64(67)59-57-55-53-51-49-47-45-42-20-18-16-14-12-10-8-6-4-2/h12,14,18,20,62,65H,3-11,13,15-17,19,21-61H2,1-2H3/b14-12-,20-18-. The average molecular weight is 972 g/mol. The van der Waals surface area contributed by atoms with E-state index in [-0.39, 0.29) is 25.2 Å². The van der Waals surface area contributed by atoms with Gasteiger partial charge in [-0.05, 0) is 44.9 Å². The number of rotatable bonds is 59. The Morgan fingerprint density at radius 2 is 0.580 bits per heavy atom. The van der Waals surface area contributed by atoms with Crippen molar-refractivity contribution in [3.63, 3.8) is 0 Å². The summed E-state index contributed by atoms with van der Waals surface area (Å²) in [5.41, 5.74) is 0. The summed E-state index contributed by atoms with van der Waals surface area (Å²) < 4.78 is 10.7. The van der Waals surface area contributed by atoms with Crippen molar-refractivity contribution >= 4 is 11.9 Å². The van der Waals surface area contributed by atoms with E-state index in [2.05, 4.69) is 38.2 Å². The Labute approximate surface area is 432 Å². The molecule has 0 aromatic carbocycles. The van der Waals surface area contributed by atoms with Crippen LogP contribution in [0.2, 0.25) is 0 Å². The maximum Gasteiger partial charge on any atom is 0.306 e. The van der Waals surface area contributed by atoms with Crippen molar-refractivity contribution in [2.45, 2.75) is 360 Å². The average Bonchev–Trinajstić information content (AvgIpc) is 3.35. The lowest BCUT2D eigenvalue weighted by Crippen LogP contribution is -2.28. The van der Waals surface area contributed by atoms with Crippen LogP contribution in [0, 0.1) is 0 Å². The molecule has 0 rings (SSSR count). The van der Waals surface area contributed by atoms with E-state index in [9.17, 15) is 14.7 Å². The van der Waals surface area contributed by atoms with Gasteiger partial charge >= 0.3 is 11.9 Å². The molecule has 0 aliphatic heterocycles. The number of hydrogen-bond donors (Lipinski definition) is 1. The highest BCUT2D eigenvalue weighted by atomic mass is 16.6. The van der Waals surface area contributed by atoms with Gasteiger partial charge in [0.2, 0.25) is 0 Å². The quantitative estimate of drug-likeness (QED) is 0.0373. The molecule has 0 aromatic rings. The number of allylic oxidation sites excluding steroid dienone is 4. The van der Waals surface area contributed by atoms with Gasteiger partial charge in [0.1, 0.15) is 6.61 Å². The highest BCUT2D eigenvalue weighted by Gasteiger charge is 2.16. The topological polar surface area (TPSA) is 72.8 Å². The Kier molecular flexibility index (Phi) is 59.3. The zero-order valence-electron chi connectivity index (χ0n) is 46.9. The minimum Gasteiger partial charge on any atom is -0.462 e. The Balaban J connectivity index is 3.35. The lowest BCUT2D eigenvalue weighted by atomic mass is 10.0. The van der Waals surface area contributed by atoms with Crippen LogP contribution < -0.4 is 0 Å². The molecule has 0 aliphatic rings. The fourth-order valence-corrected chi connectivity index (χ4v) is 9.77. The smallest absolute Gasteiger partial charge is 0.306 e. The summed E-state index contributed by atoms with van der Waals surface area (Å²) in [6.07, 6.45) is 77.7. The van der Waals surface area contributed by atoms with Crippen LogP contribution in [0.25, 0.3) is 0 Å². The molecule has 1 atom stereocenters. The van der Waals surface area contributed by atoms with Crippen molar-refractivity contribution in [2.75, 3.05) is 13.2 Å². The van der Waals surface area contributed by atoms with Gasteiger partial charge < -0.3 is 14.6 Å². The Morgan fingerprint density at radius 1 is 0.333 bits per heavy atom. The van der Waals surface area contributed by atoms with Crippen LogP contribution in [0.1, 0.15) is 354 Å². The molecule has 0 spiro atoms. The zero-order chi connectivity index (χ0) is 49.9. The maximum atomic E-state index is 12.3. The van der Waals surface area contributed by atoms with Crippen LogP contribution in [-0.4, -0.2) is 36.4 Å². The molecular weight excluding hydrogens is 849 g/mol. The molecule has 0 saturated carbocycles. The predicted molar refractivity (Wildman–Crippen MR) is 302 cm³/mol. The molecule has 0 radical (unpaired) electrons. The number of carbonyl (C=O) groups is 2. The molecule has 0 heterocycles. The molecule has 5 heteroatoms. The molecule has 0 amide bonds. The van der Waals surface area contributed by atoms with Crippen molar-refractivity contribution in [3.05, 3.63) is 24.3 Å². The second kappa shape index (κ2) is 60.7. The zero-order valence-corrected chi connectivity index (χ0v) is 46.9. The van der Waals surface area contributed by atoms with Crippen LogP contribution in [-0.2, 0) is 19.1 Å². The van der Waals surface area contributed by atoms with Crippen LogP contribution in [0.3, 0.4) is 0 Å². The summed E-state index contributed by atoms with van der Waals surface area (Å²) in [6.45, 7) is 4.16. The summed E-state index contributed by atoms with van der Waals surface area (Å²) in [5.74, 6) is -0.582. The molecule has 0 bridgehead atoms. The number of aliphatic hydroxyl groups is 1. The summed E-state index contributed by atoms with van der Waals surface area (Å²) in [4.78, 5) is 24.5. The Bertz CT molecular complexity index is 1050. The Hall–Kier alpha value is -1.62. The number of unbranched alkanes of at least 4 members (excludes halogenated alkanes) is 47. The first kappa shape index (κ1) is 67.4. The van der Waals surface area contributed by atoms with E-state index in [1.165, 1.54) is 283 Å². The maximum absolute atomic E-state index is 12.3. The van der Waals surface area contributed by atoms with E-state index in [1.807, 2.05) is 0 Å². The van der Waals surface area contributed by atoms with Crippen molar-refractivity contribution in [2.24, 2.45) is 0 Å². The molecule has 0 fully saturated rings. The highest BCUT2D eigenvalue weighted by molar-refractivity contribution is 5.70. The molecule has 1 unspecified atom stereocenters. The normalized spacial score (nSPS) is 12.2. The molecular formula is C64H122O5. The van der Waals surface area contributed by atoms with Gasteiger partial charge in [0.25, 0.3) is 0 Å². The SMILES string of the molecule is CCCCC/C=C\C/C=C\CCCCCCCCCC(=O)OC(CO)COC(=O)CCCCCCCCCCCCCCCCCCCCCCCCCCCCCCCCCCCCCCCC. The lowest BCUT2D eigenvalue weighted by molar-refractivity contribution is -0.161. The first-order chi connectivity index (χ1) is 34.1. The number of hydrogen-bond acceptors (Lipinski definition) is 5. The van der Waals surface area contributed by atoms with Gasteiger partial charge in [-0.1, -0.05) is 321 Å². The van der Waals surface area contributed by atoms with Crippen molar-refractivity contribution < 1.29 is 24.2 Å². The fraction of sp³-hybridized carbons (Fsp3) is 0.906. The molecule has 0 aliphatic carbocycles. The third-order valence-electron chi connectivity index (χ3n) is 14.5. The highest BCUT2D eigenvalue weighted by Crippen LogP contribution is 2.18. The second-order valence-corrected chi connectivity index (χ2v) is 21.5. The first-order valence-electron chi connectivity index (χ1n) is 31.4. The van der Waals surface area contributed by atoms with Crippen molar-refractivity contribution in [1.82, 2.24) is 0 Å². The van der Waals surface area contributed by atoms with E-state index < -0.39 is 6.10 Å². The van der Waals surface area contributed by atoms with Crippen LogP contribution in [0.5, 0.6) is 0 Å². The summed E-state index contributed by atoms with van der Waals surface area (Å²) in [6, 6.07) is 0. The van der Waals surface area contributed by atoms with E-state index in [4.69, 9.17) is 9.47 Å². The molecule has 1 N–H and O–H groups in total. The number of ether oxygens (including phenoxy) is 2. The van der Waals surface area contributed by atoms with Gasteiger partial charge in [-0.25, -0.2) is 0 Å². The number of esters is 2. The van der Waals surface area contributed by atoms with Gasteiger partial charge in [-0.15, -0.1) is 0 Å². The van der Waals surface area contributed by atoms with E-state index in [1.54, 1.807) is 0 Å². The number of carbonyl (C=O) groups excluding carboxylic acids is 2. The van der Waals surface area contributed by atoms with Gasteiger partial charge in [-0.2, -0.15) is 0 Å². The third kappa shape index (κ3) is 58.8. The number of aliphatic hydroxyl groups excluding tert-OH is 1. The Morgan fingerprint density at radius 3 is 0.884 bits per heavy atom. The van der Waals surface area contributed by atoms with Crippen LogP contribution in [0.15, 0.2) is 24.3 Å². The van der Waals surface area contributed by atoms with Gasteiger partial charge in [0.15, 0.2) is 6.10 Å². The minimum absolute atomic E-state index is 0.0638. The summed E-state index contributed by atoms with van der Waals surface area (Å²) in [7, 11) is 0. The second-order valence-electron chi connectivity index (χ2n) is 21.5. The van der Waals surface area contributed by atoms with Crippen LogP contribution >= 0.6 is 0 Å². The van der Waals surface area contributed by atoms with Gasteiger partial charge in [0.05, 0.1) is 6.61 Å². The van der Waals surface area contributed by atoms with Crippen molar-refractivity contribution in [1.29, 1.82) is 0 Å². The molecule has 69 heavy (non-hydrogen) atoms. The molecule has 5 nitrogen and oxygen atoms in total. The van der Waals surface area contributed by atoms with Gasteiger partial charge in [0, 0.05) is 12.8 Å². The predicted octanol–water partition coefficient (Wildman–Crippen LogP) is 21.3. The lowest BCUT2D eigenvalue weighted by Gasteiger charge is -2.15. The van der Waals surface area contributed by atoms with E-state index >= 15 is 0 Å². The van der Waals surface area contributed by atoms with E-state index in [0.29, 0.717) is 12.8 Å².